The quantitative estimate of drug-likeness (QED) is 0.308. The Kier molecular flexibility index (Phi) is 5.98. The molecule has 94 valence electrons. The number of aliphatic carboxylic acids is 2. The molecule has 6 nitrogen and oxygen atoms in total. The minimum atomic E-state index is -2.00. The second-order valence-electron chi connectivity index (χ2n) is 3.07. The average Bonchev–Trinajstić information content (AvgIpc) is 2.24. The summed E-state index contributed by atoms with van der Waals surface area (Å²) in [5, 5.41) is 32.5. The molecule has 0 saturated heterocycles. The first-order chi connectivity index (χ1) is 7.19. The molecule has 4 N–H and O–H groups in total. The highest BCUT2D eigenvalue weighted by atomic mass is 32.1. The Morgan fingerprint density at radius 2 is 1.44 bits per heavy atom. The zero-order valence-electron chi connectivity index (χ0n) is 7.89. The average molecular weight is 288 g/mol. The van der Waals surface area contributed by atoms with Crippen molar-refractivity contribution >= 4 is 49.8 Å². The molecule has 0 spiro atoms. The third kappa shape index (κ3) is 2.98. The summed E-state index contributed by atoms with van der Waals surface area (Å²) in [7, 11) is 0. The molecule has 16 heavy (non-hydrogen) atoms. The lowest BCUT2D eigenvalue weighted by Gasteiger charge is -2.37. The van der Waals surface area contributed by atoms with Gasteiger partial charge in [0.25, 0.3) is 0 Å². The van der Waals surface area contributed by atoms with Gasteiger partial charge in [-0.2, -0.15) is 37.9 Å². The van der Waals surface area contributed by atoms with E-state index in [1.54, 1.807) is 0 Å². The third-order valence-electron chi connectivity index (χ3n) is 2.05. The number of carbonyl (C=O) groups is 2. The number of aliphatic hydroxyl groups is 2. The smallest absolute Gasteiger partial charge is 0.317 e. The fourth-order valence-corrected chi connectivity index (χ4v) is 2.12. The van der Waals surface area contributed by atoms with Gasteiger partial charge in [0.05, 0.1) is 17.5 Å². The Morgan fingerprint density at radius 1 is 1.12 bits per heavy atom. The molecule has 0 aromatic rings. The summed E-state index contributed by atoms with van der Waals surface area (Å²) in [6.45, 7) is -0.849. The van der Waals surface area contributed by atoms with E-state index in [0.29, 0.717) is 0 Å². The van der Waals surface area contributed by atoms with Crippen molar-refractivity contribution in [1.82, 2.24) is 0 Å². The van der Waals surface area contributed by atoms with Crippen LogP contribution in [0.5, 0.6) is 0 Å². The molecule has 0 aliphatic heterocycles. The van der Waals surface area contributed by atoms with Gasteiger partial charge in [-0.3, -0.25) is 9.59 Å². The summed E-state index contributed by atoms with van der Waals surface area (Å²) in [5.74, 6) is -2.93. The fourth-order valence-electron chi connectivity index (χ4n) is 1.06. The molecule has 9 heteroatoms. The minimum absolute atomic E-state index is 0.849. The number of carboxylic acids is 2. The molecule has 0 saturated carbocycles. The first-order valence-corrected chi connectivity index (χ1v) is 5.50. The van der Waals surface area contributed by atoms with Crippen LogP contribution in [0, 0.1) is 0 Å². The van der Waals surface area contributed by atoms with Crippen LogP contribution >= 0.6 is 37.9 Å². The molecule has 3 unspecified atom stereocenters. The van der Waals surface area contributed by atoms with Gasteiger partial charge in [-0.05, 0) is 0 Å². The molecule has 0 amide bonds. The Labute approximate surface area is 108 Å². The van der Waals surface area contributed by atoms with E-state index >= 15 is 0 Å². The van der Waals surface area contributed by atoms with Crippen molar-refractivity contribution in [2.75, 3.05) is 6.61 Å². The van der Waals surface area contributed by atoms with Gasteiger partial charge in [0.15, 0.2) is 0 Å². The third-order valence-corrected chi connectivity index (χ3v) is 4.57. The van der Waals surface area contributed by atoms with Crippen LogP contribution in [-0.4, -0.2) is 60.3 Å². The second-order valence-corrected chi connectivity index (χ2v) is 4.87. The SMILES string of the molecule is O=C(O)C(S)C(S)(C(O)CO)C(S)C(=O)O. The van der Waals surface area contributed by atoms with Gasteiger partial charge < -0.3 is 20.4 Å². The molecule has 0 aromatic heterocycles. The van der Waals surface area contributed by atoms with Crippen LogP contribution < -0.4 is 0 Å². The predicted molar refractivity (Wildman–Crippen MR) is 65.6 cm³/mol. The zero-order valence-corrected chi connectivity index (χ0v) is 10.6. The highest BCUT2D eigenvalue weighted by Crippen LogP contribution is 2.35. The summed E-state index contributed by atoms with van der Waals surface area (Å²) >= 11 is 11.2. The zero-order chi connectivity index (χ0) is 13.1. The van der Waals surface area contributed by atoms with Gasteiger partial charge in [-0.15, -0.1) is 0 Å². The van der Waals surface area contributed by atoms with E-state index in [-0.39, 0.29) is 0 Å². The Balaban J connectivity index is 5.34. The van der Waals surface area contributed by atoms with Crippen molar-refractivity contribution in [2.45, 2.75) is 21.4 Å². The van der Waals surface area contributed by atoms with Crippen molar-refractivity contribution in [3.05, 3.63) is 0 Å². The van der Waals surface area contributed by atoms with Crippen molar-refractivity contribution in [1.29, 1.82) is 0 Å². The van der Waals surface area contributed by atoms with Gasteiger partial charge in [0, 0.05) is 0 Å². The maximum absolute atomic E-state index is 10.7. The highest BCUT2D eigenvalue weighted by Gasteiger charge is 2.51. The summed E-state index contributed by atoms with van der Waals surface area (Å²) in [5.41, 5.74) is 0. The van der Waals surface area contributed by atoms with E-state index in [0.717, 1.165) is 0 Å². The van der Waals surface area contributed by atoms with E-state index in [2.05, 4.69) is 37.9 Å². The first-order valence-electron chi connectivity index (χ1n) is 4.02. The van der Waals surface area contributed by atoms with Crippen molar-refractivity contribution in [3.8, 4) is 0 Å². The van der Waals surface area contributed by atoms with Crippen LogP contribution in [0.25, 0.3) is 0 Å². The summed E-state index contributed by atoms with van der Waals surface area (Å²) in [6, 6.07) is 0. The highest BCUT2D eigenvalue weighted by molar-refractivity contribution is 7.89. The number of hydrogen-bond acceptors (Lipinski definition) is 7. The lowest BCUT2D eigenvalue weighted by atomic mass is 9.92. The van der Waals surface area contributed by atoms with E-state index in [1.165, 1.54) is 0 Å². The number of rotatable bonds is 6. The minimum Gasteiger partial charge on any atom is -0.480 e. The molecule has 0 fully saturated rings. The van der Waals surface area contributed by atoms with Gasteiger partial charge in [0.1, 0.15) is 10.5 Å². The van der Waals surface area contributed by atoms with Gasteiger partial charge >= 0.3 is 11.9 Å². The maximum atomic E-state index is 10.7. The summed E-state index contributed by atoms with van der Waals surface area (Å²) in [4.78, 5) is 21.5. The molecule has 0 bridgehead atoms. The monoisotopic (exact) mass is 288 g/mol. The van der Waals surface area contributed by atoms with Gasteiger partial charge in [0.2, 0.25) is 0 Å². The number of carboxylic acid groups (broad SMARTS) is 2. The van der Waals surface area contributed by atoms with Crippen molar-refractivity contribution < 1.29 is 30.0 Å². The lowest BCUT2D eigenvalue weighted by Crippen LogP contribution is -2.58. The predicted octanol–water partition coefficient (Wildman–Crippen LogP) is -1.23. The van der Waals surface area contributed by atoms with Crippen LogP contribution in [-0.2, 0) is 9.59 Å². The molecule has 0 radical (unpaired) electrons. The molecule has 0 heterocycles. The van der Waals surface area contributed by atoms with Crippen LogP contribution in [0.4, 0.5) is 0 Å². The number of hydrogen-bond donors (Lipinski definition) is 7. The van der Waals surface area contributed by atoms with E-state index in [1.807, 2.05) is 0 Å². The van der Waals surface area contributed by atoms with Crippen LogP contribution in [0.1, 0.15) is 0 Å². The van der Waals surface area contributed by atoms with Crippen LogP contribution in [0.15, 0.2) is 0 Å². The normalized spacial score (nSPS) is 20.6. The molecule has 0 aliphatic rings. The van der Waals surface area contributed by atoms with Gasteiger partial charge in [-0.25, -0.2) is 0 Å². The summed E-state index contributed by atoms with van der Waals surface area (Å²) < 4.78 is -2.00. The standard InChI is InChI=1S/C7H12O6S3/c8-1-2(9)7(16,3(14)5(10)11)4(15)6(12)13/h2-4,8-9,14-16H,1H2,(H,10,11)(H,12,13). The molecule has 0 aromatic carbocycles. The fraction of sp³-hybridized carbons (Fsp3) is 0.714. The van der Waals surface area contributed by atoms with Crippen molar-refractivity contribution in [3.63, 3.8) is 0 Å². The largest absolute Gasteiger partial charge is 0.480 e. The molecule has 0 aliphatic carbocycles. The number of thiol groups is 3. The van der Waals surface area contributed by atoms with Crippen LogP contribution in [0.3, 0.4) is 0 Å². The Morgan fingerprint density at radius 3 is 1.62 bits per heavy atom. The summed E-state index contributed by atoms with van der Waals surface area (Å²) in [6.07, 6.45) is -1.69. The van der Waals surface area contributed by atoms with E-state index in [9.17, 15) is 14.7 Å². The van der Waals surface area contributed by atoms with Crippen LogP contribution in [0.2, 0.25) is 0 Å². The molecular weight excluding hydrogens is 276 g/mol. The van der Waals surface area contributed by atoms with Crippen molar-refractivity contribution in [2.24, 2.45) is 0 Å². The topological polar surface area (TPSA) is 115 Å². The molecular formula is C7H12O6S3. The van der Waals surface area contributed by atoms with E-state index < -0.39 is 39.9 Å². The Bertz CT molecular complexity index is 263. The van der Waals surface area contributed by atoms with Gasteiger partial charge in [-0.1, -0.05) is 0 Å². The molecule has 3 atom stereocenters. The van der Waals surface area contributed by atoms with E-state index in [4.69, 9.17) is 15.3 Å². The Hall–Kier alpha value is -0.0900. The lowest BCUT2D eigenvalue weighted by molar-refractivity contribution is -0.140. The molecule has 0 rings (SSSR count). The number of aliphatic hydroxyl groups excluding tert-OH is 2. The maximum Gasteiger partial charge on any atom is 0.317 e. The first kappa shape index (κ1) is 15.9. The second kappa shape index (κ2) is 6.01.